The van der Waals surface area contributed by atoms with Crippen molar-refractivity contribution >= 4 is 23.2 Å². The first-order chi connectivity index (χ1) is 12.7. The fourth-order valence-electron chi connectivity index (χ4n) is 2.23. The number of nitrogens with zero attached hydrogens (tertiary/aromatic N) is 1. The van der Waals surface area contributed by atoms with Crippen molar-refractivity contribution in [2.45, 2.75) is 25.9 Å². The first-order valence-electron chi connectivity index (χ1n) is 8.07. The first kappa shape index (κ1) is 20.2. The monoisotopic (exact) mass is 377 g/mol. The van der Waals surface area contributed by atoms with Crippen LogP contribution in [-0.2, 0) is 22.2 Å². The minimum absolute atomic E-state index is 0.0377. The van der Waals surface area contributed by atoms with Gasteiger partial charge in [-0.2, -0.15) is 18.3 Å². The van der Waals surface area contributed by atoms with Gasteiger partial charge in [0.2, 0.25) is 11.8 Å². The number of benzene rings is 2. The molecule has 2 amide bonds. The van der Waals surface area contributed by atoms with E-state index in [1.165, 1.54) is 19.1 Å². The summed E-state index contributed by atoms with van der Waals surface area (Å²) in [6.07, 6.45) is -4.50. The van der Waals surface area contributed by atoms with Gasteiger partial charge in [0, 0.05) is 11.4 Å². The largest absolute Gasteiger partial charge is 0.416 e. The van der Waals surface area contributed by atoms with Crippen molar-refractivity contribution in [2.75, 3.05) is 5.32 Å². The molecule has 0 fully saturated rings. The zero-order valence-electron chi connectivity index (χ0n) is 14.5. The minimum atomic E-state index is -4.48. The molecule has 0 aliphatic heterocycles. The van der Waals surface area contributed by atoms with Gasteiger partial charge >= 0.3 is 6.18 Å². The summed E-state index contributed by atoms with van der Waals surface area (Å²) in [5, 5.41) is 6.22. The number of amides is 2. The molecule has 8 heteroatoms. The van der Waals surface area contributed by atoms with Gasteiger partial charge in [-0.15, -0.1) is 0 Å². The molecule has 142 valence electrons. The van der Waals surface area contributed by atoms with Crippen molar-refractivity contribution in [3.63, 3.8) is 0 Å². The highest BCUT2D eigenvalue weighted by Gasteiger charge is 2.30. The van der Waals surface area contributed by atoms with Gasteiger partial charge in [-0.25, -0.2) is 5.43 Å². The van der Waals surface area contributed by atoms with E-state index in [-0.39, 0.29) is 24.4 Å². The fraction of sp³-hybridized carbons (Fsp3) is 0.211. The number of rotatable bonds is 6. The number of hydrogen-bond acceptors (Lipinski definition) is 3. The number of alkyl halides is 3. The Balaban J connectivity index is 1.86. The standard InChI is InChI=1S/C19H18F3N3O2/c1-13(24-25-18(27)11-14-6-3-2-4-7-14)10-17(26)23-16-9-5-8-15(12-16)19(20,21)22/h2-9,12H,10-11H2,1H3,(H,23,26)(H,25,27). The second-order valence-electron chi connectivity index (χ2n) is 5.85. The van der Waals surface area contributed by atoms with Crippen molar-refractivity contribution in [1.82, 2.24) is 5.43 Å². The Bertz CT molecular complexity index is 834. The molecular formula is C19H18F3N3O2. The summed E-state index contributed by atoms with van der Waals surface area (Å²) in [5.41, 5.74) is 2.68. The van der Waals surface area contributed by atoms with Crippen LogP contribution in [0.5, 0.6) is 0 Å². The number of halogens is 3. The van der Waals surface area contributed by atoms with Crippen LogP contribution in [-0.4, -0.2) is 17.5 Å². The lowest BCUT2D eigenvalue weighted by molar-refractivity contribution is -0.137. The van der Waals surface area contributed by atoms with Gasteiger partial charge in [0.15, 0.2) is 0 Å². The molecule has 0 radical (unpaired) electrons. The summed E-state index contributed by atoms with van der Waals surface area (Å²) >= 11 is 0. The molecule has 0 spiro atoms. The van der Waals surface area contributed by atoms with Gasteiger partial charge in [0.05, 0.1) is 18.4 Å². The van der Waals surface area contributed by atoms with Crippen LogP contribution in [0, 0.1) is 0 Å². The zero-order chi connectivity index (χ0) is 19.9. The Hall–Kier alpha value is -3.16. The fourth-order valence-corrected chi connectivity index (χ4v) is 2.23. The maximum atomic E-state index is 12.7. The molecule has 0 aliphatic carbocycles. The molecule has 0 saturated carbocycles. The number of hydrogen-bond donors (Lipinski definition) is 2. The van der Waals surface area contributed by atoms with E-state index < -0.39 is 17.6 Å². The number of carbonyl (C=O) groups excluding carboxylic acids is 2. The predicted molar refractivity (Wildman–Crippen MR) is 96.1 cm³/mol. The molecular weight excluding hydrogens is 359 g/mol. The molecule has 0 unspecified atom stereocenters. The van der Waals surface area contributed by atoms with Crippen LogP contribution < -0.4 is 10.7 Å². The van der Waals surface area contributed by atoms with Crippen molar-refractivity contribution in [3.8, 4) is 0 Å². The number of nitrogens with one attached hydrogen (secondary N) is 2. The van der Waals surface area contributed by atoms with E-state index in [2.05, 4.69) is 15.8 Å². The molecule has 0 aliphatic rings. The van der Waals surface area contributed by atoms with Crippen LogP contribution in [0.25, 0.3) is 0 Å². The molecule has 5 nitrogen and oxygen atoms in total. The molecule has 27 heavy (non-hydrogen) atoms. The highest BCUT2D eigenvalue weighted by Crippen LogP contribution is 2.30. The Morgan fingerprint density at radius 1 is 1.00 bits per heavy atom. The third-order valence-electron chi connectivity index (χ3n) is 3.47. The predicted octanol–water partition coefficient (Wildman–Crippen LogP) is 3.77. The topological polar surface area (TPSA) is 70.6 Å². The second-order valence-corrected chi connectivity index (χ2v) is 5.85. The van der Waals surface area contributed by atoms with Crippen LogP contribution in [0.3, 0.4) is 0 Å². The van der Waals surface area contributed by atoms with E-state index in [0.717, 1.165) is 17.7 Å². The summed E-state index contributed by atoms with van der Waals surface area (Å²) in [5.74, 6) is -0.869. The lowest BCUT2D eigenvalue weighted by Gasteiger charge is -2.10. The SMILES string of the molecule is CC(CC(=O)Nc1cccc(C(F)(F)F)c1)=NNC(=O)Cc1ccccc1. The van der Waals surface area contributed by atoms with E-state index in [1.54, 1.807) is 12.1 Å². The second kappa shape index (κ2) is 8.98. The van der Waals surface area contributed by atoms with Gasteiger partial charge in [-0.1, -0.05) is 36.4 Å². The highest BCUT2D eigenvalue weighted by atomic mass is 19.4. The molecule has 2 rings (SSSR count). The summed E-state index contributed by atoms with van der Waals surface area (Å²) in [6, 6.07) is 13.4. The van der Waals surface area contributed by atoms with Gasteiger partial charge in [0.25, 0.3) is 0 Å². The quantitative estimate of drug-likeness (QED) is 0.594. The van der Waals surface area contributed by atoms with Gasteiger partial charge in [0.1, 0.15) is 0 Å². The zero-order valence-corrected chi connectivity index (χ0v) is 14.5. The van der Waals surface area contributed by atoms with Crippen LogP contribution in [0.2, 0.25) is 0 Å². The molecule has 0 bridgehead atoms. The lowest BCUT2D eigenvalue weighted by Crippen LogP contribution is -2.23. The van der Waals surface area contributed by atoms with Gasteiger partial charge in [-0.05, 0) is 30.7 Å². The molecule has 2 aromatic rings. The smallest absolute Gasteiger partial charge is 0.326 e. The summed E-state index contributed by atoms with van der Waals surface area (Å²) < 4.78 is 38.0. The summed E-state index contributed by atoms with van der Waals surface area (Å²) in [7, 11) is 0. The maximum absolute atomic E-state index is 12.7. The van der Waals surface area contributed by atoms with Crippen LogP contribution in [0.4, 0.5) is 18.9 Å². The molecule has 0 atom stereocenters. The first-order valence-corrected chi connectivity index (χ1v) is 8.07. The van der Waals surface area contributed by atoms with Crippen LogP contribution >= 0.6 is 0 Å². The Labute approximate surface area is 154 Å². The highest BCUT2D eigenvalue weighted by molar-refractivity contribution is 6.05. The van der Waals surface area contributed by atoms with Gasteiger partial charge in [-0.3, -0.25) is 9.59 Å². The number of carbonyl (C=O) groups is 2. The van der Waals surface area contributed by atoms with Crippen LogP contribution in [0.15, 0.2) is 59.7 Å². The Kier molecular flexibility index (Phi) is 6.70. The molecule has 0 saturated heterocycles. The summed E-state index contributed by atoms with van der Waals surface area (Å²) in [4.78, 5) is 23.7. The summed E-state index contributed by atoms with van der Waals surface area (Å²) in [6.45, 7) is 1.54. The van der Waals surface area contributed by atoms with Crippen molar-refractivity contribution < 1.29 is 22.8 Å². The van der Waals surface area contributed by atoms with E-state index in [1.807, 2.05) is 18.2 Å². The Morgan fingerprint density at radius 3 is 2.37 bits per heavy atom. The minimum Gasteiger partial charge on any atom is -0.326 e. The normalized spacial score (nSPS) is 11.8. The third-order valence-corrected chi connectivity index (χ3v) is 3.47. The van der Waals surface area contributed by atoms with E-state index in [0.29, 0.717) is 5.71 Å². The number of anilines is 1. The van der Waals surface area contributed by atoms with Crippen molar-refractivity contribution in [1.29, 1.82) is 0 Å². The number of hydrazone groups is 1. The molecule has 0 aromatic heterocycles. The average Bonchev–Trinajstić information content (AvgIpc) is 2.60. The van der Waals surface area contributed by atoms with Crippen molar-refractivity contribution in [3.05, 3.63) is 65.7 Å². The third kappa shape index (κ3) is 6.93. The van der Waals surface area contributed by atoms with E-state index in [4.69, 9.17) is 0 Å². The lowest BCUT2D eigenvalue weighted by atomic mass is 10.1. The molecule has 2 N–H and O–H groups in total. The van der Waals surface area contributed by atoms with E-state index >= 15 is 0 Å². The van der Waals surface area contributed by atoms with E-state index in [9.17, 15) is 22.8 Å². The average molecular weight is 377 g/mol. The van der Waals surface area contributed by atoms with Crippen LogP contribution in [0.1, 0.15) is 24.5 Å². The Morgan fingerprint density at radius 2 is 1.70 bits per heavy atom. The van der Waals surface area contributed by atoms with Crippen molar-refractivity contribution in [2.24, 2.45) is 5.10 Å². The maximum Gasteiger partial charge on any atom is 0.416 e. The molecule has 0 heterocycles. The molecule has 2 aromatic carbocycles. The van der Waals surface area contributed by atoms with Gasteiger partial charge < -0.3 is 5.32 Å².